The van der Waals surface area contributed by atoms with Crippen molar-refractivity contribution in [3.8, 4) is 0 Å². The zero-order chi connectivity index (χ0) is 13.2. The molecule has 0 spiro atoms. The lowest BCUT2D eigenvalue weighted by molar-refractivity contribution is 0.445. The first kappa shape index (κ1) is 12.6. The van der Waals surface area contributed by atoms with Crippen molar-refractivity contribution < 1.29 is 4.42 Å². The number of rotatable bonds is 4. The molecule has 0 aliphatic heterocycles. The summed E-state index contributed by atoms with van der Waals surface area (Å²) in [6.07, 6.45) is 0. The Morgan fingerprint density at radius 3 is 2.84 bits per heavy atom. The van der Waals surface area contributed by atoms with Crippen LogP contribution >= 0.6 is 23.1 Å². The number of nitrogens with zero attached hydrogens (tertiary/aromatic N) is 3. The van der Waals surface area contributed by atoms with Gasteiger partial charge in [-0.15, -0.1) is 21.5 Å². The summed E-state index contributed by atoms with van der Waals surface area (Å²) in [5.74, 6) is 2.29. The third kappa shape index (κ3) is 2.79. The van der Waals surface area contributed by atoms with Crippen LogP contribution in [-0.4, -0.2) is 15.2 Å². The van der Waals surface area contributed by atoms with E-state index in [0.717, 1.165) is 9.86 Å². The molecule has 2 heterocycles. The standard InChI is InChI=1S/C13H13N3OS2/c1-8(2)12-16-15-11(17-12)7-18-13-14-9-5-3-4-6-10(9)19-13/h3-6,8H,7H2,1-2H3. The zero-order valence-electron chi connectivity index (χ0n) is 10.7. The van der Waals surface area contributed by atoms with Crippen molar-refractivity contribution in [3.05, 3.63) is 36.0 Å². The van der Waals surface area contributed by atoms with Crippen LogP contribution in [0.4, 0.5) is 0 Å². The van der Waals surface area contributed by atoms with Crippen LogP contribution in [0.15, 0.2) is 33.0 Å². The number of thioether (sulfide) groups is 1. The minimum atomic E-state index is 0.272. The Hall–Kier alpha value is -1.40. The average molecular weight is 291 g/mol. The zero-order valence-corrected chi connectivity index (χ0v) is 12.3. The SMILES string of the molecule is CC(C)c1nnc(CSc2nc3ccccc3s2)o1. The minimum Gasteiger partial charge on any atom is -0.424 e. The number of hydrogen-bond donors (Lipinski definition) is 0. The molecule has 0 N–H and O–H groups in total. The molecule has 6 heteroatoms. The van der Waals surface area contributed by atoms with Crippen LogP contribution in [0.3, 0.4) is 0 Å². The lowest BCUT2D eigenvalue weighted by Gasteiger charge is -1.94. The van der Waals surface area contributed by atoms with Crippen molar-refractivity contribution >= 4 is 33.3 Å². The van der Waals surface area contributed by atoms with Gasteiger partial charge in [0.05, 0.1) is 16.0 Å². The van der Waals surface area contributed by atoms with Gasteiger partial charge < -0.3 is 4.42 Å². The number of hydrogen-bond acceptors (Lipinski definition) is 6. The van der Waals surface area contributed by atoms with Crippen LogP contribution in [-0.2, 0) is 5.75 Å². The maximum Gasteiger partial charge on any atom is 0.226 e. The number of aromatic nitrogens is 3. The predicted molar refractivity (Wildman–Crippen MR) is 77.6 cm³/mol. The van der Waals surface area contributed by atoms with Gasteiger partial charge in [-0.25, -0.2) is 4.98 Å². The van der Waals surface area contributed by atoms with E-state index >= 15 is 0 Å². The van der Waals surface area contributed by atoms with Crippen LogP contribution in [0.5, 0.6) is 0 Å². The van der Waals surface area contributed by atoms with Gasteiger partial charge in [-0.3, -0.25) is 0 Å². The molecule has 19 heavy (non-hydrogen) atoms. The molecular formula is C13H13N3OS2. The first-order valence-electron chi connectivity index (χ1n) is 6.03. The molecule has 0 aliphatic rings. The van der Waals surface area contributed by atoms with Gasteiger partial charge in [-0.1, -0.05) is 37.7 Å². The third-order valence-electron chi connectivity index (χ3n) is 2.57. The summed E-state index contributed by atoms with van der Waals surface area (Å²) in [5.41, 5.74) is 1.04. The van der Waals surface area contributed by atoms with E-state index in [1.807, 2.05) is 32.0 Å². The second-order valence-electron chi connectivity index (χ2n) is 4.42. The summed E-state index contributed by atoms with van der Waals surface area (Å²) in [6, 6.07) is 8.14. The summed E-state index contributed by atoms with van der Waals surface area (Å²) >= 11 is 3.33. The normalized spacial score (nSPS) is 11.5. The summed E-state index contributed by atoms with van der Waals surface area (Å²) in [5, 5.41) is 8.07. The van der Waals surface area contributed by atoms with Gasteiger partial charge in [0.1, 0.15) is 0 Å². The number of fused-ring (bicyclic) bond motifs is 1. The molecule has 0 unspecified atom stereocenters. The second-order valence-corrected chi connectivity index (χ2v) is 6.68. The van der Waals surface area contributed by atoms with E-state index in [2.05, 4.69) is 21.2 Å². The highest BCUT2D eigenvalue weighted by molar-refractivity contribution is 8.00. The van der Waals surface area contributed by atoms with Gasteiger partial charge in [-0.2, -0.15) is 0 Å². The predicted octanol–water partition coefficient (Wildman–Crippen LogP) is 4.10. The topological polar surface area (TPSA) is 51.8 Å². The highest BCUT2D eigenvalue weighted by Gasteiger charge is 2.11. The van der Waals surface area contributed by atoms with Crippen molar-refractivity contribution in [1.82, 2.24) is 15.2 Å². The molecule has 1 aromatic carbocycles. The summed E-state index contributed by atoms with van der Waals surface area (Å²) in [6.45, 7) is 4.08. The van der Waals surface area contributed by atoms with E-state index in [1.165, 1.54) is 4.70 Å². The third-order valence-corrected chi connectivity index (χ3v) is 4.73. The Kier molecular flexibility index (Phi) is 3.52. The highest BCUT2D eigenvalue weighted by Crippen LogP contribution is 2.31. The van der Waals surface area contributed by atoms with Crippen molar-refractivity contribution in [1.29, 1.82) is 0 Å². The van der Waals surface area contributed by atoms with Crippen molar-refractivity contribution in [2.24, 2.45) is 0 Å². The molecule has 3 rings (SSSR count). The van der Waals surface area contributed by atoms with Gasteiger partial charge in [0.25, 0.3) is 0 Å². The molecule has 0 amide bonds. The smallest absolute Gasteiger partial charge is 0.226 e. The number of para-hydroxylation sites is 1. The van der Waals surface area contributed by atoms with Crippen molar-refractivity contribution in [2.45, 2.75) is 29.9 Å². The Morgan fingerprint density at radius 1 is 1.26 bits per heavy atom. The maximum absolute atomic E-state index is 5.57. The molecule has 0 saturated carbocycles. The quantitative estimate of drug-likeness (QED) is 0.677. The molecule has 0 saturated heterocycles. The summed E-state index contributed by atoms with van der Waals surface area (Å²) in [7, 11) is 0. The van der Waals surface area contributed by atoms with Crippen LogP contribution < -0.4 is 0 Å². The van der Waals surface area contributed by atoms with Crippen LogP contribution in [0.1, 0.15) is 31.5 Å². The number of benzene rings is 1. The maximum atomic E-state index is 5.57. The molecular weight excluding hydrogens is 278 g/mol. The number of thiazole rings is 1. The van der Waals surface area contributed by atoms with Crippen LogP contribution in [0.2, 0.25) is 0 Å². The van der Waals surface area contributed by atoms with Gasteiger partial charge in [-0.05, 0) is 12.1 Å². The van der Waals surface area contributed by atoms with E-state index in [-0.39, 0.29) is 5.92 Å². The average Bonchev–Trinajstić information content (AvgIpc) is 3.02. The van der Waals surface area contributed by atoms with Gasteiger partial charge in [0, 0.05) is 5.92 Å². The monoisotopic (exact) mass is 291 g/mol. The van der Waals surface area contributed by atoms with Gasteiger partial charge in [0.15, 0.2) is 4.34 Å². The Labute approximate surface area is 119 Å². The van der Waals surface area contributed by atoms with Gasteiger partial charge in [0.2, 0.25) is 11.8 Å². The molecule has 4 nitrogen and oxygen atoms in total. The molecule has 98 valence electrons. The van der Waals surface area contributed by atoms with E-state index in [9.17, 15) is 0 Å². The first-order chi connectivity index (χ1) is 9.22. The van der Waals surface area contributed by atoms with E-state index in [4.69, 9.17) is 4.42 Å². The Balaban J connectivity index is 1.71. The second kappa shape index (κ2) is 5.30. The van der Waals surface area contributed by atoms with Crippen LogP contribution in [0, 0.1) is 0 Å². The fourth-order valence-corrected chi connectivity index (χ4v) is 3.50. The minimum absolute atomic E-state index is 0.272. The molecule has 2 aromatic heterocycles. The van der Waals surface area contributed by atoms with Crippen LogP contribution in [0.25, 0.3) is 10.2 Å². The highest BCUT2D eigenvalue weighted by atomic mass is 32.2. The van der Waals surface area contributed by atoms with Crippen molar-refractivity contribution in [3.63, 3.8) is 0 Å². The summed E-state index contributed by atoms with van der Waals surface area (Å²) < 4.78 is 7.81. The van der Waals surface area contributed by atoms with E-state index < -0.39 is 0 Å². The molecule has 0 radical (unpaired) electrons. The lowest BCUT2D eigenvalue weighted by Crippen LogP contribution is -1.85. The van der Waals surface area contributed by atoms with Gasteiger partial charge >= 0.3 is 0 Å². The largest absolute Gasteiger partial charge is 0.424 e. The Bertz CT molecular complexity index is 657. The fourth-order valence-electron chi connectivity index (χ4n) is 1.59. The lowest BCUT2D eigenvalue weighted by atomic mass is 10.2. The summed E-state index contributed by atoms with van der Waals surface area (Å²) in [4.78, 5) is 4.56. The Morgan fingerprint density at radius 2 is 2.11 bits per heavy atom. The van der Waals surface area contributed by atoms with E-state index in [0.29, 0.717) is 17.5 Å². The molecule has 0 aliphatic carbocycles. The molecule has 0 fully saturated rings. The molecule has 3 aromatic rings. The fraction of sp³-hybridized carbons (Fsp3) is 0.308. The molecule has 0 atom stereocenters. The molecule has 0 bridgehead atoms. The van der Waals surface area contributed by atoms with E-state index in [1.54, 1.807) is 23.1 Å². The van der Waals surface area contributed by atoms with Crippen molar-refractivity contribution in [2.75, 3.05) is 0 Å². The first-order valence-corrected chi connectivity index (χ1v) is 7.83.